The number of rotatable bonds is 40. The maximum atomic E-state index is 12.9. The predicted molar refractivity (Wildman–Crippen MR) is 261 cm³/mol. The molecule has 7 N–H and O–H groups in total. The second-order valence-electron chi connectivity index (χ2n) is 18.3. The molecule has 2 fully saturated rings. The Balaban J connectivity index is 1.80. The van der Waals surface area contributed by atoms with Crippen LogP contribution in [0.25, 0.3) is 0 Å². The van der Waals surface area contributed by atoms with E-state index in [1.54, 1.807) is 0 Å². The fourth-order valence-electron chi connectivity index (χ4n) is 8.05. The van der Waals surface area contributed by atoms with E-state index in [0.29, 0.717) is 19.3 Å². The molecule has 68 heavy (non-hydrogen) atoms. The predicted octanol–water partition coefficient (Wildman–Crippen LogP) is 7.49. The molecule has 15 heteroatoms. The summed E-state index contributed by atoms with van der Waals surface area (Å²) in [5.74, 6) is -1.02. The number of hydrogen-bond donors (Lipinski definition) is 7. The summed E-state index contributed by atoms with van der Waals surface area (Å²) in [6.45, 7) is 2.41. The molecule has 2 heterocycles. The molecule has 15 nitrogen and oxygen atoms in total. The fraction of sp³-hybridized carbons (Fsp3) is 0.811. The Kier molecular flexibility index (Phi) is 36.3. The van der Waals surface area contributed by atoms with Crippen molar-refractivity contribution in [1.29, 1.82) is 0 Å². The van der Waals surface area contributed by atoms with Gasteiger partial charge >= 0.3 is 11.9 Å². The highest BCUT2D eigenvalue weighted by Crippen LogP contribution is 2.26. The number of aliphatic hydroxyl groups excluding tert-OH is 7. The van der Waals surface area contributed by atoms with Crippen LogP contribution in [0.5, 0.6) is 0 Å². The van der Waals surface area contributed by atoms with Crippen LogP contribution in [-0.2, 0) is 38.0 Å². The standard InChI is InChI=1S/C53H92O15/c1-3-5-7-9-11-13-15-17-18-19-20-21-22-24-25-27-29-31-33-35-44(55)63-38-41(66-45(56)36-34-32-30-28-26-23-16-14-12-10-8-6-4-2)39-64-52-51(62)49(60)47(58)43(68-52)40-65-53-50(61)48(59)46(57)42(37-54)67-53/h6,8,12,14,23,26,30,32,41-43,46-54,57-62H,3-5,7,9-11,13,15-22,24-25,27-29,31,33-40H2,1-2H3/b8-6-,14-12-,26-23-,32-30-. The maximum Gasteiger partial charge on any atom is 0.306 e. The minimum atomic E-state index is -1.78. The second kappa shape index (κ2) is 40.1. The summed E-state index contributed by atoms with van der Waals surface area (Å²) in [6.07, 6.45) is 27.4. The van der Waals surface area contributed by atoms with Crippen LogP contribution in [0.2, 0.25) is 0 Å². The van der Waals surface area contributed by atoms with Crippen molar-refractivity contribution in [3.63, 3.8) is 0 Å². The molecule has 394 valence electrons. The van der Waals surface area contributed by atoms with Crippen molar-refractivity contribution in [2.45, 2.75) is 248 Å². The molecular formula is C53H92O15. The molecular weight excluding hydrogens is 877 g/mol. The van der Waals surface area contributed by atoms with E-state index in [-0.39, 0.29) is 19.4 Å². The molecule has 2 saturated heterocycles. The molecule has 0 bridgehead atoms. The van der Waals surface area contributed by atoms with Gasteiger partial charge in [0.15, 0.2) is 18.7 Å². The molecule has 0 aromatic heterocycles. The zero-order valence-electron chi connectivity index (χ0n) is 41.6. The Bertz CT molecular complexity index is 1370. The van der Waals surface area contributed by atoms with Crippen molar-refractivity contribution < 1.29 is 73.8 Å². The summed E-state index contributed by atoms with van der Waals surface area (Å²) in [5.41, 5.74) is 0. The number of esters is 2. The van der Waals surface area contributed by atoms with Crippen LogP contribution in [0, 0.1) is 0 Å². The van der Waals surface area contributed by atoms with Gasteiger partial charge in [0.25, 0.3) is 0 Å². The topological polar surface area (TPSA) is 231 Å². The summed E-state index contributed by atoms with van der Waals surface area (Å²) < 4.78 is 33.5. The van der Waals surface area contributed by atoms with Gasteiger partial charge in [-0.1, -0.05) is 178 Å². The number of carbonyl (C=O) groups excluding carboxylic acids is 2. The first-order valence-electron chi connectivity index (χ1n) is 26.2. The van der Waals surface area contributed by atoms with E-state index < -0.39 is 99.3 Å². The molecule has 0 spiro atoms. The van der Waals surface area contributed by atoms with E-state index in [1.807, 2.05) is 18.2 Å². The van der Waals surface area contributed by atoms with Gasteiger partial charge in [0.2, 0.25) is 0 Å². The molecule has 0 radical (unpaired) electrons. The molecule has 0 aromatic carbocycles. The first kappa shape index (κ1) is 61.6. The molecule has 2 aliphatic rings. The first-order chi connectivity index (χ1) is 33.0. The van der Waals surface area contributed by atoms with E-state index in [2.05, 4.69) is 44.2 Å². The van der Waals surface area contributed by atoms with Gasteiger partial charge in [-0.15, -0.1) is 0 Å². The quantitative estimate of drug-likeness (QED) is 0.0179. The third-order valence-corrected chi connectivity index (χ3v) is 12.3. The fourth-order valence-corrected chi connectivity index (χ4v) is 8.05. The largest absolute Gasteiger partial charge is 0.462 e. The summed E-state index contributed by atoms with van der Waals surface area (Å²) in [5, 5.41) is 72.0. The first-order valence-corrected chi connectivity index (χ1v) is 26.2. The molecule has 2 aliphatic heterocycles. The van der Waals surface area contributed by atoms with Gasteiger partial charge in [0.1, 0.15) is 55.4 Å². The maximum absolute atomic E-state index is 12.9. The van der Waals surface area contributed by atoms with Gasteiger partial charge in [-0.25, -0.2) is 0 Å². The SMILES string of the molecule is CC/C=C\C/C=C\C/C=C\C/C=C\CCC(=O)OC(COC(=O)CCCCCCCCCCCCCCCCCCCCC)COC1OC(COC2OC(CO)C(O)C(O)C2O)C(O)C(O)C1O. The number of hydrogen-bond acceptors (Lipinski definition) is 15. The highest BCUT2D eigenvalue weighted by Gasteiger charge is 2.47. The van der Waals surface area contributed by atoms with Crippen LogP contribution in [0.3, 0.4) is 0 Å². The number of ether oxygens (including phenoxy) is 6. The van der Waals surface area contributed by atoms with Crippen molar-refractivity contribution in [1.82, 2.24) is 0 Å². The normalized spacial score (nSPS) is 26.1. The highest BCUT2D eigenvalue weighted by molar-refractivity contribution is 5.70. The van der Waals surface area contributed by atoms with Crippen molar-refractivity contribution in [3.05, 3.63) is 48.6 Å². The van der Waals surface area contributed by atoms with Crippen LogP contribution in [-0.4, -0.2) is 142 Å². The zero-order chi connectivity index (χ0) is 49.6. The molecule has 11 atom stereocenters. The Morgan fingerprint density at radius 1 is 0.485 bits per heavy atom. The molecule has 0 aliphatic carbocycles. The monoisotopic (exact) mass is 969 g/mol. The van der Waals surface area contributed by atoms with Gasteiger partial charge in [-0.05, 0) is 38.5 Å². The van der Waals surface area contributed by atoms with Crippen LogP contribution >= 0.6 is 0 Å². The van der Waals surface area contributed by atoms with Crippen LogP contribution in [0.15, 0.2) is 48.6 Å². The summed E-state index contributed by atoms with van der Waals surface area (Å²) >= 11 is 0. The van der Waals surface area contributed by atoms with Crippen molar-refractivity contribution in [2.75, 3.05) is 26.4 Å². The lowest BCUT2D eigenvalue weighted by molar-refractivity contribution is -0.332. The van der Waals surface area contributed by atoms with Gasteiger partial charge in [0.05, 0.1) is 19.8 Å². The van der Waals surface area contributed by atoms with Crippen LogP contribution < -0.4 is 0 Å². The molecule has 0 aromatic rings. The Hall–Kier alpha value is -2.54. The average molecular weight is 969 g/mol. The number of unbranched alkanes of at least 4 members (excludes halogenated alkanes) is 18. The number of aliphatic hydroxyl groups is 7. The van der Waals surface area contributed by atoms with E-state index >= 15 is 0 Å². The summed E-state index contributed by atoms with van der Waals surface area (Å²) in [7, 11) is 0. The molecule has 0 saturated carbocycles. The smallest absolute Gasteiger partial charge is 0.306 e. The lowest BCUT2D eigenvalue weighted by Crippen LogP contribution is -2.61. The van der Waals surface area contributed by atoms with E-state index in [9.17, 15) is 45.3 Å². The van der Waals surface area contributed by atoms with E-state index in [0.717, 1.165) is 38.5 Å². The lowest BCUT2D eigenvalue weighted by Gasteiger charge is -2.42. The third kappa shape index (κ3) is 27.7. The van der Waals surface area contributed by atoms with Gasteiger partial charge in [-0.3, -0.25) is 9.59 Å². The second-order valence-corrected chi connectivity index (χ2v) is 18.3. The summed E-state index contributed by atoms with van der Waals surface area (Å²) in [4.78, 5) is 25.7. The Labute approximate surface area is 408 Å². The molecule has 0 amide bonds. The van der Waals surface area contributed by atoms with Crippen molar-refractivity contribution in [2.24, 2.45) is 0 Å². The van der Waals surface area contributed by atoms with Crippen LogP contribution in [0.1, 0.15) is 181 Å². The van der Waals surface area contributed by atoms with Crippen LogP contribution in [0.4, 0.5) is 0 Å². The minimum absolute atomic E-state index is 0.0445. The molecule has 11 unspecified atom stereocenters. The summed E-state index contributed by atoms with van der Waals surface area (Å²) in [6, 6.07) is 0. The minimum Gasteiger partial charge on any atom is -0.462 e. The Morgan fingerprint density at radius 3 is 1.43 bits per heavy atom. The highest BCUT2D eigenvalue weighted by atomic mass is 16.7. The van der Waals surface area contributed by atoms with Gasteiger partial charge in [0, 0.05) is 12.8 Å². The zero-order valence-corrected chi connectivity index (χ0v) is 41.6. The van der Waals surface area contributed by atoms with Crippen molar-refractivity contribution >= 4 is 11.9 Å². The van der Waals surface area contributed by atoms with Crippen molar-refractivity contribution in [3.8, 4) is 0 Å². The molecule has 2 rings (SSSR count). The lowest BCUT2D eigenvalue weighted by atomic mass is 9.98. The average Bonchev–Trinajstić information content (AvgIpc) is 3.33. The number of allylic oxidation sites excluding steroid dienone is 8. The van der Waals surface area contributed by atoms with E-state index in [4.69, 9.17) is 28.4 Å². The Morgan fingerprint density at radius 2 is 0.926 bits per heavy atom. The number of carbonyl (C=O) groups is 2. The van der Waals surface area contributed by atoms with E-state index in [1.165, 1.54) is 96.3 Å². The van der Waals surface area contributed by atoms with Gasteiger partial charge < -0.3 is 64.2 Å². The van der Waals surface area contributed by atoms with Gasteiger partial charge in [-0.2, -0.15) is 0 Å². The third-order valence-electron chi connectivity index (χ3n) is 12.3.